The second-order valence-electron chi connectivity index (χ2n) is 6.05. The van der Waals surface area contributed by atoms with Crippen LogP contribution in [0.2, 0.25) is 0 Å². The minimum Gasteiger partial charge on any atom is -0.340 e. The summed E-state index contributed by atoms with van der Waals surface area (Å²) in [5.74, 6) is 0.296. The number of amides is 1. The number of hydrogen-bond donors (Lipinski definition) is 1. The zero-order valence-electron chi connectivity index (χ0n) is 12.7. The van der Waals surface area contributed by atoms with Gasteiger partial charge in [-0.15, -0.1) is 0 Å². The number of carbonyl (C=O) groups is 1. The molecule has 1 aromatic rings. The van der Waals surface area contributed by atoms with Gasteiger partial charge in [0.1, 0.15) is 0 Å². The van der Waals surface area contributed by atoms with Crippen LogP contribution in [0, 0.1) is 0 Å². The predicted octanol–water partition coefficient (Wildman–Crippen LogP) is 3.50. The lowest BCUT2D eigenvalue weighted by atomic mass is 9.98. The first-order chi connectivity index (χ1) is 10.1. The van der Waals surface area contributed by atoms with Crippen LogP contribution in [0.15, 0.2) is 28.7 Å². The summed E-state index contributed by atoms with van der Waals surface area (Å²) in [5.41, 5.74) is 7.28. The van der Waals surface area contributed by atoms with E-state index in [1.165, 1.54) is 5.56 Å². The van der Waals surface area contributed by atoms with Crippen LogP contribution >= 0.6 is 15.9 Å². The number of rotatable bonds is 5. The molecule has 2 rings (SSSR count). The normalized spacial score (nSPS) is 22.3. The van der Waals surface area contributed by atoms with Crippen LogP contribution in [0.4, 0.5) is 0 Å². The van der Waals surface area contributed by atoms with Crippen molar-refractivity contribution >= 4 is 21.8 Å². The van der Waals surface area contributed by atoms with Crippen molar-refractivity contribution in [3.05, 3.63) is 34.3 Å². The van der Waals surface area contributed by atoms with Crippen molar-refractivity contribution in [1.29, 1.82) is 0 Å². The molecule has 1 saturated heterocycles. The number of halogens is 1. The first-order valence-corrected chi connectivity index (χ1v) is 8.65. The molecule has 0 bridgehead atoms. The fraction of sp³-hybridized carbons (Fsp3) is 0.588. The third kappa shape index (κ3) is 5.11. The van der Waals surface area contributed by atoms with Crippen LogP contribution in [0.3, 0.4) is 0 Å². The Bertz CT molecular complexity index is 460. The first-order valence-electron chi connectivity index (χ1n) is 7.86. The van der Waals surface area contributed by atoms with Crippen molar-refractivity contribution in [2.24, 2.45) is 5.73 Å². The topological polar surface area (TPSA) is 46.3 Å². The highest BCUT2D eigenvalue weighted by Crippen LogP contribution is 2.18. The lowest BCUT2D eigenvalue weighted by Crippen LogP contribution is -2.48. The van der Waals surface area contributed by atoms with Gasteiger partial charge in [0.05, 0.1) is 0 Å². The maximum atomic E-state index is 12.3. The summed E-state index contributed by atoms with van der Waals surface area (Å²) in [7, 11) is 0. The monoisotopic (exact) mass is 352 g/mol. The third-order valence-electron chi connectivity index (χ3n) is 4.26. The Morgan fingerprint density at radius 1 is 1.33 bits per heavy atom. The number of likely N-dealkylation sites (tertiary alicyclic amines) is 1. The molecule has 1 amide bonds. The maximum Gasteiger partial charge on any atom is 0.222 e. The van der Waals surface area contributed by atoms with Gasteiger partial charge in [-0.05, 0) is 56.7 Å². The lowest BCUT2D eigenvalue weighted by molar-refractivity contribution is -0.134. The second-order valence-corrected chi connectivity index (χ2v) is 6.97. The number of nitrogens with two attached hydrogens (primary N) is 1. The summed E-state index contributed by atoms with van der Waals surface area (Å²) >= 11 is 3.44. The van der Waals surface area contributed by atoms with Crippen molar-refractivity contribution in [1.82, 2.24) is 4.90 Å². The standard InChI is InChI=1S/C17H25BrN2O/c1-13-12-16(19)10-11-20(13)17(21)5-3-2-4-14-6-8-15(18)9-7-14/h6-9,13,16H,2-5,10-12,19H2,1H3. The van der Waals surface area contributed by atoms with Gasteiger partial charge in [-0.1, -0.05) is 28.1 Å². The summed E-state index contributed by atoms with van der Waals surface area (Å²) in [6, 6.07) is 8.98. The van der Waals surface area contributed by atoms with Gasteiger partial charge in [-0.2, -0.15) is 0 Å². The molecule has 4 heteroatoms. The predicted molar refractivity (Wildman–Crippen MR) is 90.1 cm³/mol. The Balaban J connectivity index is 1.68. The SMILES string of the molecule is CC1CC(N)CCN1C(=O)CCCCc1ccc(Br)cc1. The molecule has 1 fully saturated rings. The number of piperidine rings is 1. The zero-order valence-corrected chi connectivity index (χ0v) is 14.3. The fourth-order valence-corrected chi connectivity index (χ4v) is 3.24. The number of benzene rings is 1. The molecule has 3 nitrogen and oxygen atoms in total. The summed E-state index contributed by atoms with van der Waals surface area (Å²) in [6.45, 7) is 2.94. The molecule has 21 heavy (non-hydrogen) atoms. The molecule has 116 valence electrons. The Kier molecular flexibility index (Phi) is 6.24. The highest BCUT2D eigenvalue weighted by atomic mass is 79.9. The number of hydrogen-bond acceptors (Lipinski definition) is 2. The second kappa shape index (κ2) is 7.95. The largest absolute Gasteiger partial charge is 0.340 e. The molecular weight excluding hydrogens is 328 g/mol. The van der Waals surface area contributed by atoms with Crippen molar-refractivity contribution in [2.45, 2.75) is 57.5 Å². The average Bonchev–Trinajstić information content (AvgIpc) is 2.45. The molecule has 2 N–H and O–H groups in total. The van der Waals surface area contributed by atoms with E-state index >= 15 is 0 Å². The van der Waals surface area contributed by atoms with E-state index in [0.717, 1.165) is 43.1 Å². The smallest absolute Gasteiger partial charge is 0.222 e. The Morgan fingerprint density at radius 3 is 2.71 bits per heavy atom. The van der Waals surface area contributed by atoms with E-state index in [1.807, 2.05) is 4.90 Å². The van der Waals surface area contributed by atoms with Gasteiger partial charge in [0.2, 0.25) is 5.91 Å². The zero-order chi connectivity index (χ0) is 15.2. The van der Waals surface area contributed by atoms with Gasteiger partial charge in [0.25, 0.3) is 0 Å². The molecule has 2 atom stereocenters. The molecule has 1 aliphatic heterocycles. The summed E-state index contributed by atoms with van der Waals surface area (Å²) in [4.78, 5) is 14.3. The number of carbonyl (C=O) groups excluding carboxylic acids is 1. The van der Waals surface area contributed by atoms with Crippen molar-refractivity contribution in [3.63, 3.8) is 0 Å². The van der Waals surface area contributed by atoms with E-state index in [4.69, 9.17) is 5.73 Å². The van der Waals surface area contributed by atoms with Gasteiger partial charge < -0.3 is 10.6 Å². The first kappa shape index (κ1) is 16.5. The molecule has 0 aliphatic carbocycles. The van der Waals surface area contributed by atoms with Crippen LogP contribution in [0.5, 0.6) is 0 Å². The molecule has 1 aliphatic rings. The molecule has 0 aromatic heterocycles. The van der Waals surface area contributed by atoms with Gasteiger partial charge >= 0.3 is 0 Å². The van der Waals surface area contributed by atoms with E-state index < -0.39 is 0 Å². The van der Waals surface area contributed by atoms with Gasteiger partial charge in [-0.3, -0.25) is 4.79 Å². The summed E-state index contributed by atoms with van der Waals surface area (Å²) < 4.78 is 1.11. The van der Waals surface area contributed by atoms with Crippen LogP contribution in [-0.4, -0.2) is 29.4 Å². The van der Waals surface area contributed by atoms with Crippen molar-refractivity contribution in [3.8, 4) is 0 Å². The molecule has 0 radical (unpaired) electrons. The maximum absolute atomic E-state index is 12.3. The van der Waals surface area contributed by atoms with Crippen LogP contribution in [0.1, 0.15) is 44.6 Å². The lowest BCUT2D eigenvalue weighted by Gasteiger charge is -2.36. The molecular formula is C17H25BrN2O. The summed E-state index contributed by atoms with van der Waals surface area (Å²) in [5, 5.41) is 0. The minimum atomic E-state index is 0.265. The van der Waals surface area contributed by atoms with Crippen LogP contribution in [0.25, 0.3) is 0 Å². The van der Waals surface area contributed by atoms with Crippen LogP contribution < -0.4 is 5.73 Å². The van der Waals surface area contributed by atoms with E-state index in [1.54, 1.807) is 0 Å². The quantitative estimate of drug-likeness (QED) is 0.824. The average molecular weight is 353 g/mol. The van der Waals surface area contributed by atoms with E-state index in [0.29, 0.717) is 18.4 Å². The van der Waals surface area contributed by atoms with Gasteiger partial charge in [-0.25, -0.2) is 0 Å². The third-order valence-corrected chi connectivity index (χ3v) is 4.79. The molecule has 0 spiro atoms. The molecule has 1 heterocycles. The number of unbranched alkanes of at least 4 members (excludes halogenated alkanes) is 1. The van der Waals surface area contributed by atoms with E-state index in [2.05, 4.69) is 47.1 Å². The Labute approximate surface area is 136 Å². The molecule has 0 saturated carbocycles. The Morgan fingerprint density at radius 2 is 2.05 bits per heavy atom. The number of nitrogens with zero attached hydrogens (tertiary/aromatic N) is 1. The van der Waals surface area contributed by atoms with E-state index in [9.17, 15) is 4.79 Å². The molecule has 1 aromatic carbocycles. The minimum absolute atomic E-state index is 0.265. The molecule has 2 unspecified atom stereocenters. The van der Waals surface area contributed by atoms with E-state index in [-0.39, 0.29) is 6.04 Å². The van der Waals surface area contributed by atoms with Crippen molar-refractivity contribution in [2.75, 3.05) is 6.54 Å². The Hall–Kier alpha value is -0.870. The highest BCUT2D eigenvalue weighted by molar-refractivity contribution is 9.10. The summed E-state index contributed by atoms with van der Waals surface area (Å²) in [6.07, 6.45) is 5.61. The fourth-order valence-electron chi connectivity index (χ4n) is 2.98. The van der Waals surface area contributed by atoms with Crippen LogP contribution in [-0.2, 0) is 11.2 Å². The van der Waals surface area contributed by atoms with Crippen molar-refractivity contribution < 1.29 is 4.79 Å². The highest BCUT2D eigenvalue weighted by Gasteiger charge is 2.26. The number of aryl methyl sites for hydroxylation is 1. The van der Waals surface area contributed by atoms with Gasteiger partial charge in [0, 0.05) is 29.5 Å². The van der Waals surface area contributed by atoms with Gasteiger partial charge in [0.15, 0.2) is 0 Å².